The summed E-state index contributed by atoms with van der Waals surface area (Å²) in [5, 5.41) is 0. The van der Waals surface area contributed by atoms with Gasteiger partial charge < -0.3 is 9.64 Å². The van der Waals surface area contributed by atoms with E-state index in [1.54, 1.807) is 30.0 Å². The zero-order chi connectivity index (χ0) is 24.1. The first-order chi connectivity index (χ1) is 16.3. The summed E-state index contributed by atoms with van der Waals surface area (Å²) in [6.45, 7) is 5.15. The lowest BCUT2D eigenvalue weighted by Gasteiger charge is -2.35. The first-order valence-electron chi connectivity index (χ1n) is 11.2. The van der Waals surface area contributed by atoms with Crippen molar-refractivity contribution < 1.29 is 22.7 Å². The number of esters is 1. The number of nitrogens with zero attached hydrogens (tertiary/aromatic N) is 3. The van der Waals surface area contributed by atoms with Crippen LogP contribution in [0.1, 0.15) is 24.5 Å². The fraction of sp³-hybridized carbons (Fsp3) is 0.375. The zero-order valence-electron chi connectivity index (χ0n) is 19.0. The van der Waals surface area contributed by atoms with Crippen molar-refractivity contribution in [1.29, 1.82) is 0 Å². The van der Waals surface area contributed by atoms with Gasteiger partial charge in [0.05, 0.1) is 17.9 Å². The summed E-state index contributed by atoms with van der Waals surface area (Å²) in [4.78, 5) is 33.3. The average molecular weight is 485 g/mol. The second-order valence-electron chi connectivity index (χ2n) is 8.30. The molecule has 4 rings (SSSR count). The van der Waals surface area contributed by atoms with Gasteiger partial charge in [-0.1, -0.05) is 42.5 Å². The monoisotopic (exact) mass is 484 g/mol. The van der Waals surface area contributed by atoms with Crippen molar-refractivity contribution in [3.8, 4) is 0 Å². The number of aliphatic imine (C=N–C) groups is 1. The van der Waals surface area contributed by atoms with E-state index in [4.69, 9.17) is 4.74 Å². The van der Waals surface area contributed by atoms with E-state index in [1.165, 1.54) is 11.6 Å². The van der Waals surface area contributed by atoms with Gasteiger partial charge in [0.15, 0.2) is 6.10 Å². The second kappa shape index (κ2) is 10.4. The molecule has 0 spiro atoms. The SMILES string of the molecule is CC(OC(=O)CCN=C1NS(=O)(=O)c2ccccc21)C(=O)N1CCN(Cc2ccccc2)CC1. The predicted molar refractivity (Wildman–Crippen MR) is 127 cm³/mol. The van der Waals surface area contributed by atoms with Gasteiger partial charge in [0.2, 0.25) is 0 Å². The molecule has 2 aromatic carbocycles. The predicted octanol–water partition coefficient (Wildman–Crippen LogP) is 1.39. The highest BCUT2D eigenvalue weighted by molar-refractivity contribution is 7.90. The molecule has 2 aliphatic heterocycles. The molecule has 0 aliphatic carbocycles. The second-order valence-corrected chi connectivity index (χ2v) is 9.95. The number of carbonyl (C=O) groups is 2. The lowest BCUT2D eigenvalue weighted by atomic mass is 10.2. The van der Waals surface area contributed by atoms with Crippen LogP contribution < -0.4 is 4.72 Å². The topological polar surface area (TPSA) is 108 Å². The fourth-order valence-corrected chi connectivity index (χ4v) is 5.29. The molecule has 2 aromatic rings. The first-order valence-corrected chi connectivity index (χ1v) is 12.7. The summed E-state index contributed by atoms with van der Waals surface area (Å²) < 4.78 is 31.9. The molecule has 2 aliphatic rings. The Hall–Kier alpha value is -3.24. The van der Waals surface area contributed by atoms with E-state index in [9.17, 15) is 18.0 Å². The minimum atomic E-state index is -3.62. The number of carbonyl (C=O) groups excluding carboxylic acids is 2. The van der Waals surface area contributed by atoms with Crippen LogP contribution in [0.15, 0.2) is 64.5 Å². The number of piperazine rings is 1. The van der Waals surface area contributed by atoms with E-state index in [0.29, 0.717) is 18.7 Å². The highest BCUT2D eigenvalue weighted by atomic mass is 32.2. The highest BCUT2D eigenvalue weighted by Gasteiger charge is 2.30. The number of hydrogen-bond acceptors (Lipinski definition) is 7. The average Bonchev–Trinajstić information content (AvgIpc) is 3.10. The van der Waals surface area contributed by atoms with Crippen LogP contribution in [0.3, 0.4) is 0 Å². The van der Waals surface area contributed by atoms with Crippen LogP contribution in [-0.2, 0) is 30.9 Å². The number of amidine groups is 1. The fourth-order valence-electron chi connectivity index (χ4n) is 4.04. The number of hydrogen-bond donors (Lipinski definition) is 1. The van der Waals surface area contributed by atoms with Gasteiger partial charge in [-0.2, -0.15) is 0 Å². The Kier molecular flexibility index (Phi) is 7.28. The van der Waals surface area contributed by atoms with Gasteiger partial charge in [0.25, 0.3) is 15.9 Å². The van der Waals surface area contributed by atoms with Crippen molar-refractivity contribution >= 4 is 27.7 Å². The van der Waals surface area contributed by atoms with Crippen molar-refractivity contribution in [1.82, 2.24) is 14.5 Å². The molecule has 1 unspecified atom stereocenters. The first kappa shape index (κ1) is 23.9. The van der Waals surface area contributed by atoms with Crippen LogP contribution in [-0.4, -0.2) is 74.8 Å². The Labute approximate surface area is 199 Å². The highest BCUT2D eigenvalue weighted by Crippen LogP contribution is 2.22. The summed E-state index contributed by atoms with van der Waals surface area (Å²) in [7, 11) is -3.62. The zero-order valence-corrected chi connectivity index (χ0v) is 19.8. The summed E-state index contributed by atoms with van der Waals surface area (Å²) in [5.41, 5.74) is 1.72. The van der Waals surface area contributed by atoms with Crippen LogP contribution >= 0.6 is 0 Å². The molecule has 1 amide bonds. The number of ether oxygens (including phenoxy) is 1. The van der Waals surface area contributed by atoms with Crippen molar-refractivity contribution in [2.75, 3.05) is 32.7 Å². The van der Waals surface area contributed by atoms with Crippen molar-refractivity contribution in [3.63, 3.8) is 0 Å². The standard InChI is InChI=1S/C24H28N4O5S/c1-18(24(30)28-15-13-27(14-16-28)17-19-7-3-2-4-8-19)33-22(29)11-12-25-23-20-9-5-6-10-21(20)34(31,32)26-23/h2-10,18H,11-17H2,1H3,(H,25,26). The number of nitrogens with one attached hydrogen (secondary N) is 1. The van der Waals surface area contributed by atoms with Crippen LogP contribution in [0.2, 0.25) is 0 Å². The van der Waals surface area contributed by atoms with E-state index in [1.807, 2.05) is 18.2 Å². The molecular formula is C24H28N4O5S. The number of fused-ring (bicyclic) bond motifs is 1. The molecule has 2 heterocycles. The Morgan fingerprint density at radius 3 is 2.44 bits per heavy atom. The molecule has 1 atom stereocenters. The van der Waals surface area contributed by atoms with E-state index >= 15 is 0 Å². The number of benzene rings is 2. The maximum absolute atomic E-state index is 12.7. The molecule has 1 saturated heterocycles. The molecular weight excluding hydrogens is 456 g/mol. The lowest BCUT2D eigenvalue weighted by molar-refractivity contribution is -0.159. The lowest BCUT2D eigenvalue weighted by Crippen LogP contribution is -2.51. The third-order valence-corrected chi connectivity index (χ3v) is 7.23. The van der Waals surface area contributed by atoms with Gasteiger partial charge >= 0.3 is 5.97 Å². The smallest absolute Gasteiger partial charge is 0.308 e. The van der Waals surface area contributed by atoms with Crippen LogP contribution in [0, 0.1) is 0 Å². The maximum atomic E-state index is 12.7. The Balaban J connectivity index is 1.22. The van der Waals surface area contributed by atoms with Crippen molar-refractivity contribution in [3.05, 3.63) is 65.7 Å². The van der Waals surface area contributed by atoms with E-state index < -0.39 is 22.1 Å². The summed E-state index contributed by atoms with van der Waals surface area (Å²) in [6, 6.07) is 16.7. The van der Waals surface area contributed by atoms with Crippen LogP contribution in [0.25, 0.3) is 0 Å². The molecule has 0 radical (unpaired) electrons. The van der Waals surface area contributed by atoms with Gasteiger partial charge in [-0.3, -0.25) is 24.2 Å². The Morgan fingerprint density at radius 1 is 1.03 bits per heavy atom. The largest absolute Gasteiger partial charge is 0.452 e. The van der Waals surface area contributed by atoms with E-state index in [-0.39, 0.29) is 29.6 Å². The van der Waals surface area contributed by atoms with E-state index in [0.717, 1.165) is 19.6 Å². The molecule has 0 bridgehead atoms. The van der Waals surface area contributed by atoms with Gasteiger partial charge in [0.1, 0.15) is 5.84 Å². The summed E-state index contributed by atoms with van der Waals surface area (Å²) >= 11 is 0. The normalized spacial score (nSPS) is 19.3. The van der Waals surface area contributed by atoms with Gasteiger partial charge in [-0.15, -0.1) is 0 Å². The minimum absolute atomic E-state index is 0.0457. The number of rotatable bonds is 7. The Morgan fingerprint density at radius 2 is 1.71 bits per heavy atom. The summed E-state index contributed by atoms with van der Waals surface area (Å²) in [6.07, 6.45) is -0.942. The van der Waals surface area contributed by atoms with E-state index in [2.05, 4.69) is 26.7 Å². The maximum Gasteiger partial charge on any atom is 0.308 e. The third kappa shape index (κ3) is 5.63. The van der Waals surface area contributed by atoms with Crippen LogP contribution in [0.4, 0.5) is 0 Å². The molecule has 34 heavy (non-hydrogen) atoms. The molecule has 10 heteroatoms. The Bertz CT molecular complexity index is 1170. The van der Waals surface area contributed by atoms with Gasteiger partial charge in [-0.05, 0) is 24.6 Å². The molecule has 0 aromatic heterocycles. The number of amides is 1. The number of sulfonamides is 1. The van der Waals surface area contributed by atoms with Gasteiger partial charge in [0, 0.05) is 38.3 Å². The summed E-state index contributed by atoms with van der Waals surface area (Å²) in [5.74, 6) is -0.556. The molecule has 1 fully saturated rings. The molecule has 1 N–H and O–H groups in total. The molecule has 0 saturated carbocycles. The minimum Gasteiger partial charge on any atom is -0.452 e. The molecule has 180 valence electrons. The van der Waals surface area contributed by atoms with Gasteiger partial charge in [-0.25, -0.2) is 8.42 Å². The molecule has 9 nitrogen and oxygen atoms in total. The third-order valence-electron chi connectivity index (χ3n) is 5.84. The quantitative estimate of drug-likeness (QED) is 0.595. The van der Waals surface area contributed by atoms with Crippen LogP contribution in [0.5, 0.6) is 0 Å². The van der Waals surface area contributed by atoms with Crippen molar-refractivity contribution in [2.45, 2.75) is 30.9 Å². The van der Waals surface area contributed by atoms with Crippen molar-refractivity contribution in [2.24, 2.45) is 4.99 Å².